The summed E-state index contributed by atoms with van der Waals surface area (Å²) in [6.45, 7) is 0. The number of carbonyl (C=O) groups is 1. The third-order valence-corrected chi connectivity index (χ3v) is 4.14. The molecule has 4 nitrogen and oxygen atoms in total. The molecule has 2 N–H and O–H groups in total. The Kier molecular flexibility index (Phi) is 2.68. The van der Waals surface area contributed by atoms with Gasteiger partial charge in [-0.15, -0.1) is 11.3 Å². The van der Waals surface area contributed by atoms with Crippen LogP contribution in [-0.4, -0.2) is 16.1 Å². The summed E-state index contributed by atoms with van der Waals surface area (Å²) in [5.74, 6) is 0.611. The first-order valence-electron chi connectivity index (χ1n) is 5.74. The molecule has 1 aliphatic rings. The van der Waals surface area contributed by atoms with Crippen LogP contribution in [0.5, 0.6) is 0 Å². The van der Waals surface area contributed by atoms with Crippen molar-refractivity contribution in [3.63, 3.8) is 0 Å². The predicted octanol–water partition coefficient (Wildman–Crippen LogP) is 2.60. The lowest BCUT2D eigenvalue weighted by Crippen LogP contribution is -2.14. The molecule has 0 spiro atoms. The van der Waals surface area contributed by atoms with Crippen LogP contribution < -0.4 is 5.32 Å². The second-order valence-electron chi connectivity index (χ2n) is 4.18. The Labute approximate surface area is 103 Å². The molecule has 0 bridgehead atoms. The fraction of sp³-hybridized carbons (Fsp3) is 0.333. The van der Waals surface area contributed by atoms with Crippen molar-refractivity contribution in [2.45, 2.75) is 25.7 Å². The van der Waals surface area contributed by atoms with Crippen LogP contribution in [0.15, 0.2) is 17.6 Å². The first-order chi connectivity index (χ1) is 8.34. The lowest BCUT2D eigenvalue weighted by Gasteiger charge is -2.12. The van der Waals surface area contributed by atoms with Crippen LogP contribution in [0.4, 0.5) is 5.82 Å². The van der Waals surface area contributed by atoms with E-state index in [4.69, 9.17) is 0 Å². The van der Waals surface area contributed by atoms with Gasteiger partial charge >= 0.3 is 0 Å². The quantitative estimate of drug-likeness (QED) is 0.857. The summed E-state index contributed by atoms with van der Waals surface area (Å²) in [4.78, 5) is 13.5. The second-order valence-corrected chi connectivity index (χ2v) is 5.15. The average molecular weight is 247 g/mol. The number of nitrogens with one attached hydrogen (secondary N) is 2. The predicted molar refractivity (Wildman–Crippen MR) is 67.5 cm³/mol. The number of carbonyl (C=O) groups excluding carboxylic acids is 1. The van der Waals surface area contributed by atoms with Crippen molar-refractivity contribution in [3.8, 4) is 0 Å². The Morgan fingerprint density at radius 3 is 3.12 bits per heavy atom. The van der Waals surface area contributed by atoms with Gasteiger partial charge in [0.2, 0.25) is 0 Å². The SMILES string of the molecule is O=C(Nc1ccn[nH]1)c1csc2c1CCCC2. The second kappa shape index (κ2) is 4.33. The molecule has 0 saturated carbocycles. The molecule has 2 heterocycles. The van der Waals surface area contributed by atoms with Gasteiger partial charge in [-0.25, -0.2) is 0 Å². The maximum Gasteiger partial charge on any atom is 0.257 e. The van der Waals surface area contributed by atoms with Gasteiger partial charge in [-0.05, 0) is 31.2 Å². The molecule has 2 aromatic rings. The van der Waals surface area contributed by atoms with E-state index in [-0.39, 0.29) is 5.91 Å². The molecule has 0 aliphatic heterocycles. The van der Waals surface area contributed by atoms with Crippen LogP contribution >= 0.6 is 11.3 Å². The number of aryl methyl sites for hydroxylation is 1. The molecule has 1 amide bonds. The van der Waals surface area contributed by atoms with Gasteiger partial charge in [0.1, 0.15) is 5.82 Å². The standard InChI is InChI=1S/C12H13N3OS/c16-12(14-11-5-6-13-15-11)9-7-17-10-4-2-1-3-8(9)10/h5-7H,1-4H2,(H2,13,14,15,16). The Morgan fingerprint density at radius 1 is 1.41 bits per heavy atom. The molecule has 0 radical (unpaired) electrons. The summed E-state index contributed by atoms with van der Waals surface area (Å²) in [5.41, 5.74) is 2.08. The Balaban J connectivity index is 1.84. The Morgan fingerprint density at radius 2 is 2.29 bits per heavy atom. The van der Waals surface area contributed by atoms with E-state index in [2.05, 4.69) is 15.5 Å². The number of anilines is 1. The first kappa shape index (κ1) is 10.5. The van der Waals surface area contributed by atoms with Gasteiger partial charge in [-0.1, -0.05) is 0 Å². The van der Waals surface area contributed by atoms with Crippen molar-refractivity contribution in [3.05, 3.63) is 33.6 Å². The summed E-state index contributed by atoms with van der Waals surface area (Å²) in [7, 11) is 0. The zero-order valence-electron chi connectivity index (χ0n) is 9.32. The van der Waals surface area contributed by atoms with Crippen LogP contribution in [0, 0.1) is 0 Å². The number of rotatable bonds is 2. The monoisotopic (exact) mass is 247 g/mol. The molecule has 0 atom stereocenters. The maximum absolute atomic E-state index is 12.1. The molecular formula is C12H13N3OS. The van der Waals surface area contributed by atoms with Gasteiger partial charge in [-0.2, -0.15) is 5.10 Å². The normalized spacial score (nSPS) is 14.4. The fourth-order valence-electron chi connectivity index (χ4n) is 2.20. The highest BCUT2D eigenvalue weighted by Crippen LogP contribution is 2.30. The molecule has 0 aromatic carbocycles. The third-order valence-electron chi connectivity index (χ3n) is 3.05. The number of thiophene rings is 1. The van der Waals surface area contributed by atoms with E-state index in [1.807, 2.05) is 5.38 Å². The molecular weight excluding hydrogens is 234 g/mol. The van der Waals surface area contributed by atoms with Crippen molar-refractivity contribution in [2.24, 2.45) is 0 Å². The van der Waals surface area contributed by atoms with Crippen LogP contribution in [0.25, 0.3) is 0 Å². The number of aromatic amines is 1. The number of hydrogen-bond acceptors (Lipinski definition) is 3. The van der Waals surface area contributed by atoms with Crippen LogP contribution in [0.2, 0.25) is 0 Å². The molecule has 0 unspecified atom stereocenters. The molecule has 3 rings (SSSR count). The van der Waals surface area contributed by atoms with E-state index >= 15 is 0 Å². The van der Waals surface area contributed by atoms with E-state index in [1.54, 1.807) is 23.6 Å². The van der Waals surface area contributed by atoms with Gasteiger partial charge in [-0.3, -0.25) is 9.89 Å². The summed E-state index contributed by atoms with van der Waals surface area (Å²) in [6, 6.07) is 1.75. The molecule has 0 fully saturated rings. The topological polar surface area (TPSA) is 57.8 Å². The highest BCUT2D eigenvalue weighted by molar-refractivity contribution is 7.10. The third kappa shape index (κ3) is 1.98. The highest BCUT2D eigenvalue weighted by atomic mass is 32.1. The van der Waals surface area contributed by atoms with Crippen molar-refractivity contribution >= 4 is 23.1 Å². The summed E-state index contributed by atoms with van der Waals surface area (Å²) < 4.78 is 0. The number of hydrogen-bond donors (Lipinski definition) is 2. The Hall–Kier alpha value is -1.62. The van der Waals surface area contributed by atoms with E-state index in [9.17, 15) is 4.79 Å². The maximum atomic E-state index is 12.1. The summed E-state index contributed by atoms with van der Waals surface area (Å²) >= 11 is 1.71. The van der Waals surface area contributed by atoms with Crippen molar-refractivity contribution in [2.75, 3.05) is 5.32 Å². The van der Waals surface area contributed by atoms with Gasteiger partial charge in [0.15, 0.2) is 0 Å². The van der Waals surface area contributed by atoms with Crippen LogP contribution in [0.3, 0.4) is 0 Å². The van der Waals surface area contributed by atoms with Crippen molar-refractivity contribution < 1.29 is 4.79 Å². The van der Waals surface area contributed by atoms with E-state index in [0.717, 1.165) is 18.4 Å². The van der Waals surface area contributed by atoms with E-state index in [0.29, 0.717) is 5.82 Å². The lowest BCUT2D eigenvalue weighted by atomic mass is 9.96. The molecule has 2 aromatic heterocycles. The molecule has 0 saturated heterocycles. The van der Waals surface area contributed by atoms with E-state index < -0.39 is 0 Å². The zero-order chi connectivity index (χ0) is 11.7. The largest absolute Gasteiger partial charge is 0.307 e. The molecule has 5 heteroatoms. The van der Waals surface area contributed by atoms with Crippen LogP contribution in [-0.2, 0) is 12.8 Å². The molecule has 17 heavy (non-hydrogen) atoms. The zero-order valence-corrected chi connectivity index (χ0v) is 10.1. The molecule has 88 valence electrons. The number of H-pyrrole nitrogens is 1. The van der Waals surface area contributed by atoms with Gasteiger partial charge in [0.05, 0.1) is 11.8 Å². The van der Waals surface area contributed by atoms with Crippen molar-refractivity contribution in [1.29, 1.82) is 0 Å². The molecule has 1 aliphatic carbocycles. The van der Waals surface area contributed by atoms with Crippen molar-refractivity contribution in [1.82, 2.24) is 10.2 Å². The van der Waals surface area contributed by atoms with Crippen LogP contribution in [0.1, 0.15) is 33.6 Å². The van der Waals surface area contributed by atoms with Gasteiger partial charge in [0.25, 0.3) is 5.91 Å². The fourth-order valence-corrected chi connectivity index (χ4v) is 3.33. The minimum atomic E-state index is -0.0337. The number of fused-ring (bicyclic) bond motifs is 1. The Bertz CT molecular complexity index is 530. The minimum Gasteiger partial charge on any atom is -0.307 e. The number of nitrogens with zero attached hydrogens (tertiary/aromatic N) is 1. The lowest BCUT2D eigenvalue weighted by molar-refractivity contribution is 0.102. The van der Waals surface area contributed by atoms with Gasteiger partial charge in [0, 0.05) is 16.3 Å². The van der Waals surface area contributed by atoms with E-state index in [1.165, 1.54) is 23.3 Å². The minimum absolute atomic E-state index is 0.0337. The smallest absolute Gasteiger partial charge is 0.257 e. The number of amides is 1. The summed E-state index contributed by atoms with van der Waals surface area (Å²) in [5, 5.41) is 11.3. The number of aromatic nitrogens is 2. The summed E-state index contributed by atoms with van der Waals surface area (Å²) in [6.07, 6.45) is 6.21. The van der Waals surface area contributed by atoms with Gasteiger partial charge < -0.3 is 5.32 Å². The highest BCUT2D eigenvalue weighted by Gasteiger charge is 2.20. The first-order valence-corrected chi connectivity index (χ1v) is 6.62. The average Bonchev–Trinajstić information content (AvgIpc) is 2.96.